The zero-order valence-electron chi connectivity index (χ0n) is 7.42. The summed E-state index contributed by atoms with van der Waals surface area (Å²) >= 11 is 0. The van der Waals surface area contributed by atoms with Crippen LogP contribution in [0, 0.1) is 17.8 Å². The molecule has 0 unspecified atom stereocenters. The maximum atomic E-state index is 11.0. The first-order valence-corrected chi connectivity index (χ1v) is 4.55. The van der Waals surface area contributed by atoms with Gasteiger partial charge in [-0.15, -0.1) is 0 Å². The fraction of sp³-hybridized carbons (Fsp3) is 0.545. The van der Waals surface area contributed by atoms with E-state index < -0.39 is 0 Å². The van der Waals surface area contributed by atoms with E-state index in [0.717, 1.165) is 0 Å². The van der Waals surface area contributed by atoms with Gasteiger partial charge in [-0.1, -0.05) is 24.3 Å². The Kier molecular flexibility index (Phi) is 1.67. The minimum Gasteiger partial charge on any atom is -0.300 e. The van der Waals surface area contributed by atoms with Gasteiger partial charge in [-0.3, -0.25) is 0 Å². The van der Waals surface area contributed by atoms with Crippen LogP contribution in [0.4, 0.5) is 0 Å². The van der Waals surface area contributed by atoms with E-state index in [0.29, 0.717) is 30.0 Å². The first-order chi connectivity index (χ1) is 5.68. The Bertz CT molecular complexity index is 262. The molecular formula is C11H14O. The number of hydrogen-bond donors (Lipinski definition) is 0. The van der Waals surface area contributed by atoms with Crippen LogP contribution in [0.3, 0.4) is 0 Å². The summed E-state index contributed by atoms with van der Waals surface area (Å²) in [5.74, 6) is 1.95. The molecule has 2 bridgehead atoms. The van der Waals surface area contributed by atoms with Gasteiger partial charge in [0.25, 0.3) is 0 Å². The highest BCUT2D eigenvalue weighted by atomic mass is 16.1. The minimum atomic E-state index is 0.294. The molecule has 0 saturated heterocycles. The molecule has 0 spiro atoms. The van der Waals surface area contributed by atoms with Crippen molar-refractivity contribution in [1.82, 2.24) is 0 Å². The quantitative estimate of drug-likeness (QED) is 0.569. The van der Waals surface area contributed by atoms with Crippen molar-refractivity contribution in [3.8, 4) is 0 Å². The SMILES string of the molecule is C=C1[C@@H]2C=C[C@@H](C2)[C@@H]1CC(C)=O. The summed E-state index contributed by atoms with van der Waals surface area (Å²) in [7, 11) is 0. The number of hydrogen-bond acceptors (Lipinski definition) is 1. The van der Waals surface area contributed by atoms with Gasteiger partial charge in [0.15, 0.2) is 0 Å². The first-order valence-electron chi connectivity index (χ1n) is 4.55. The van der Waals surface area contributed by atoms with Crippen LogP contribution in [0.1, 0.15) is 19.8 Å². The lowest BCUT2D eigenvalue weighted by atomic mass is 9.86. The summed E-state index contributed by atoms with van der Waals surface area (Å²) < 4.78 is 0. The Morgan fingerprint density at radius 3 is 2.92 bits per heavy atom. The van der Waals surface area contributed by atoms with Crippen molar-refractivity contribution in [2.75, 3.05) is 0 Å². The van der Waals surface area contributed by atoms with E-state index in [-0.39, 0.29) is 0 Å². The molecule has 0 heterocycles. The maximum absolute atomic E-state index is 11.0. The minimum absolute atomic E-state index is 0.294. The van der Waals surface area contributed by atoms with Crippen molar-refractivity contribution >= 4 is 5.78 Å². The van der Waals surface area contributed by atoms with Gasteiger partial charge in [-0.25, -0.2) is 0 Å². The predicted octanol–water partition coefficient (Wildman–Crippen LogP) is 2.34. The maximum Gasteiger partial charge on any atom is 0.130 e. The van der Waals surface area contributed by atoms with E-state index in [1.165, 1.54) is 12.0 Å². The van der Waals surface area contributed by atoms with Crippen molar-refractivity contribution in [3.05, 3.63) is 24.3 Å². The fourth-order valence-electron chi connectivity index (χ4n) is 2.44. The van der Waals surface area contributed by atoms with Gasteiger partial charge in [-0.2, -0.15) is 0 Å². The standard InChI is InChI=1S/C11H14O/c1-7(12)5-11-8(2)9-3-4-10(11)6-9/h3-4,9-11H,2,5-6H2,1H3/t9-,10+,11-/m1/s1. The molecule has 0 aromatic rings. The lowest BCUT2D eigenvalue weighted by Gasteiger charge is -2.18. The number of carbonyl (C=O) groups is 1. The molecule has 0 amide bonds. The van der Waals surface area contributed by atoms with E-state index in [9.17, 15) is 4.79 Å². The predicted molar refractivity (Wildman–Crippen MR) is 48.7 cm³/mol. The molecule has 1 nitrogen and oxygen atoms in total. The molecule has 1 heteroatoms. The van der Waals surface area contributed by atoms with E-state index in [4.69, 9.17) is 0 Å². The summed E-state index contributed by atoms with van der Waals surface area (Å²) in [5.41, 5.74) is 1.29. The zero-order chi connectivity index (χ0) is 8.72. The van der Waals surface area contributed by atoms with Crippen LogP contribution < -0.4 is 0 Å². The molecular weight excluding hydrogens is 148 g/mol. The van der Waals surface area contributed by atoms with Gasteiger partial charge in [0, 0.05) is 6.42 Å². The zero-order valence-corrected chi connectivity index (χ0v) is 7.42. The Hall–Kier alpha value is -0.850. The van der Waals surface area contributed by atoms with Gasteiger partial charge in [0.05, 0.1) is 0 Å². The second-order valence-corrected chi connectivity index (χ2v) is 3.98. The third-order valence-corrected chi connectivity index (χ3v) is 3.09. The molecule has 0 aliphatic heterocycles. The van der Waals surface area contributed by atoms with Crippen molar-refractivity contribution < 1.29 is 4.79 Å². The van der Waals surface area contributed by atoms with Crippen LogP contribution in [0.5, 0.6) is 0 Å². The number of fused-ring (bicyclic) bond motifs is 2. The number of allylic oxidation sites excluding steroid dienone is 3. The summed E-state index contributed by atoms with van der Waals surface area (Å²) in [6, 6.07) is 0. The average molecular weight is 162 g/mol. The van der Waals surface area contributed by atoms with Crippen molar-refractivity contribution in [3.63, 3.8) is 0 Å². The lowest BCUT2D eigenvalue weighted by Crippen LogP contribution is -2.12. The van der Waals surface area contributed by atoms with Crippen LogP contribution in [-0.2, 0) is 4.79 Å². The van der Waals surface area contributed by atoms with E-state index in [1.807, 2.05) is 0 Å². The second kappa shape index (κ2) is 2.58. The molecule has 2 aliphatic carbocycles. The Morgan fingerprint density at radius 2 is 2.42 bits per heavy atom. The van der Waals surface area contributed by atoms with Crippen molar-refractivity contribution in [2.45, 2.75) is 19.8 Å². The van der Waals surface area contributed by atoms with E-state index in [2.05, 4.69) is 18.7 Å². The summed E-state index contributed by atoms with van der Waals surface area (Å²) in [4.78, 5) is 11.0. The summed E-state index contributed by atoms with van der Waals surface area (Å²) in [5, 5.41) is 0. The summed E-state index contributed by atoms with van der Waals surface area (Å²) in [6.45, 7) is 5.74. The monoisotopic (exact) mass is 162 g/mol. The van der Waals surface area contributed by atoms with Crippen LogP contribution in [0.25, 0.3) is 0 Å². The molecule has 64 valence electrons. The van der Waals surface area contributed by atoms with Gasteiger partial charge in [0.1, 0.15) is 5.78 Å². The Morgan fingerprint density at radius 1 is 1.67 bits per heavy atom. The van der Waals surface area contributed by atoms with Gasteiger partial charge in [-0.05, 0) is 31.1 Å². The molecule has 0 N–H and O–H groups in total. The fourth-order valence-corrected chi connectivity index (χ4v) is 2.44. The molecule has 0 aromatic heterocycles. The van der Waals surface area contributed by atoms with Crippen molar-refractivity contribution in [1.29, 1.82) is 0 Å². The number of Topliss-reactive ketones (excluding diaryl/α,β-unsaturated/α-hetero) is 1. The number of rotatable bonds is 2. The molecule has 1 saturated carbocycles. The molecule has 2 aliphatic rings. The average Bonchev–Trinajstić information content (AvgIpc) is 2.53. The van der Waals surface area contributed by atoms with Crippen molar-refractivity contribution in [2.24, 2.45) is 17.8 Å². The topological polar surface area (TPSA) is 17.1 Å². The van der Waals surface area contributed by atoms with Gasteiger partial charge in [0.2, 0.25) is 0 Å². The third kappa shape index (κ3) is 1.04. The van der Waals surface area contributed by atoms with Crippen LogP contribution in [0.2, 0.25) is 0 Å². The Labute approximate surface area is 73.2 Å². The number of ketones is 1. The molecule has 0 radical (unpaired) electrons. The normalized spacial score (nSPS) is 37.8. The summed E-state index contributed by atoms with van der Waals surface area (Å²) in [6.07, 6.45) is 6.40. The highest BCUT2D eigenvalue weighted by molar-refractivity contribution is 5.76. The second-order valence-electron chi connectivity index (χ2n) is 3.98. The Balaban J connectivity index is 2.13. The molecule has 1 fully saturated rings. The van der Waals surface area contributed by atoms with Crippen LogP contribution in [-0.4, -0.2) is 5.78 Å². The van der Waals surface area contributed by atoms with Gasteiger partial charge >= 0.3 is 0 Å². The van der Waals surface area contributed by atoms with Gasteiger partial charge < -0.3 is 4.79 Å². The third-order valence-electron chi connectivity index (χ3n) is 3.09. The number of carbonyl (C=O) groups excluding carboxylic acids is 1. The van der Waals surface area contributed by atoms with Crippen LogP contribution >= 0.6 is 0 Å². The first kappa shape index (κ1) is 7.78. The van der Waals surface area contributed by atoms with E-state index >= 15 is 0 Å². The smallest absolute Gasteiger partial charge is 0.130 e. The highest BCUT2D eigenvalue weighted by Crippen LogP contribution is 2.48. The molecule has 0 aromatic carbocycles. The van der Waals surface area contributed by atoms with E-state index in [1.54, 1.807) is 6.92 Å². The highest BCUT2D eigenvalue weighted by Gasteiger charge is 2.38. The lowest BCUT2D eigenvalue weighted by molar-refractivity contribution is -0.117. The van der Waals surface area contributed by atoms with Crippen LogP contribution in [0.15, 0.2) is 24.3 Å². The largest absolute Gasteiger partial charge is 0.300 e. The molecule has 2 rings (SSSR count). The molecule has 12 heavy (non-hydrogen) atoms. The molecule has 3 atom stereocenters.